The fourth-order valence-electron chi connectivity index (χ4n) is 2.50. The summed E-state index contributed by atoms with van der Waals surface area (Å²) in [6, 6.07) is 10.7. The van der Waals surface area contributed by atoms with E-state index in [1.165, 1.54) is 34.6 Å². The lowest BCUT2D eigenvalue weighted by atomic mass is 10.1. The van der Waals surface area contributed by atoms with E-state index in [-0.39, 0.29) is 30.4 Å². The minimum absolute atomic E-state index is 0.0859. The van der Waals surface area contributed by atoms with Gasteiger partial charge in [0, 0.05) is 13.1 Å². The highest BCUT2D eigenvalue weighted by atomic mass is 32.2. The summed E-state index contributed by atoms with van der Waals surface area (Å²) in [6.45, 7) is 0.512. The predicted molar refractivity (Wildman–Crippen MR) is 80.3 cm³/mol. The molecule has 0 amide bonds. The lowest BCUT2D eigenvalue weighted by Gasteiger charge is -2.32. The third kappa shape index (κ3) is 3.41. The number of ether oxygens (including phenoxy) is 1. The van der Waals surface area contributed by atoms with Gasteiger partial charge in [-0.25, -0.2) is 17.2 Å². The van der Waals surface area contributed by atoms with Crippen LogP contribution in [0.25, 0.3) is 0 Å². The molecule has 4 nitrogen and oxygen atoms in total. The van der Waals surface area contributed by atoms with Crippen LogP contribution >= 0.6 is 0 Å². The van der Waals surface area contributed by atoms with Crippen LogP contribution in [0.5, 0.6) is 0 Å². The molecule has 1 heterocycles. The van der Waals surface area contributed by atoms with Crippen molar-refractivity contribution in [3.05, 3.63) is 65.7 Å². The Morgan fingerprint density at radius 2 is 1.78 bits per heavy atom. The summed E-state index contributed by atoms with van der Waals surface area (Å²) in [5, 5.41) is 0. The van der Waals surface area contributed by atoms with Crippen LogP contribution in [0, 0.1) is 11.6 Å². The maximum Gasteiger partial charge on any atom is 0.243 e. The summed E-state index contributed by atoms with van der Waals surface area (Å²) >= 11 is 0. The predicted octanol–water partition coefficient (Wildman–Crippen LogP) is 2.73. The zero-order chi connectivity index (χ0) is 16.4. The minimum atomic E-state index is -3.79. The van der Waals surface area contributed by atoms with Crippen LogP contribution in [-0.2, 0) is 14.8 Å². The number of sulfonamides is 1. The van der Waals surface area contributed by atoms with Crippen molar-refractivity contribution in [2.45, 2.75) is 11.0 Å². The van der Waals surface area contributed by atoms with Crippen molar-refractivity contribution in [3.63, 3.8) is 0 Å². The molecule has 1 aliphatic rings. The largest absolute Gasteiger partial charge is 0.371 e. The monoisotopic (exact) mass is 339 g/mol. The standard InChI is InChI=1S/C16H15F2NO3S/c17-13-6-4-12(5-7-13)16-11-19(8-9-22-16)23(20,21)15-3-1-2-14(18)10-15/h1-7,10,16H,8-9,11H2/t16-/m0/s1. The van der Waals surface area contributed by atoms with Crippen LogP contribution < -0.4 is 0 Å². The maximum atomic E-state index is 13.3. The third-order valence-electron chi connectivity index (χ3n) is 3.70. The van der Waals surface area contributed by atoms with E-state index in [0.29, 0.717) is 5.56 Å². The normalized spacial score (nSPS) is 19.7. The molecule has 0 unspecified atom stereocenters. The molecule has 0 saturated carbocycles. The number of halogens is 2. The van der Waals surface area contributed by atoms with E-state index in [0.717, 1.165) is 6.07 Å². The fourth-order valence-corrected chi connectivity index (χ4v) is 3.96. The van der Waals surface area contributed by atoms with Crippen molar-refractivity contribution in [2.24, 2.45) is 0 Å². The molecule has 0 N–H and O–H groups in total. The van der Waals surface area contributed by atoms with Gasteiger partial charge in [0.15, 0.2) is 0 Å². The fraction of sp³-hybridized carbons (Fsp3) is 0.250. The van der Waals surface area contributed by atoms with Crippen molar-refractivity contribution < 1.29 is 21.9 Å². The van der Waals surface area contributed by atoms with E-state index >= 15 is 0 Å². The number of nitrogens with zero attached hydrogens (tertiary/aromatic N) is 1. The zero-order valence-corrected chi connectivity index (χ0v) is 13.0. The molecule has 122 valence electrons. The van der Waals surface area contributed by atoms with Gasteiger partial charge < -0.3 is 4.74 Å². The number of benzene rings is 2. The van der Waals surface area contributed by atoms with Crippen molar-refractivity contribution in [1.82, 2.24) is 4.31 Å². The molecule has 2 aromatic carbocycles. The van der Waals surface area contributed by atoms with Crippen LogP contribution in [0.1, 0.15) is 11.7 Å². The molecular weight excluding hydrogens is 324 g/mol. The molecule has 3 rings (SSSR count). The average molecular weight is 339 g/mol. The Hall–Kier alpha value is -1.83. The first kappa shape index (κ1) is 16.0. The van der Waals surface area contributed by atoms with E-state index in [1.807, 2.05) is 0 Å². The number of hydrogen-bond acceptors (Lipinski definition) is 3. The summed E-state index contributed by atoms with van der Waals surface area (Å²) in [6.07, 6.45) is -0.479. The van der Waals surface area contributed by atoms with Crippen molar-refractivity contribution in [2.75, 3.05) is 19.7 Å². The highest BCUT2D eigenvalue weighted by Crippen LogP contribution is 2.26. The van der Waals surface area contributed by atoms with Gasteiger partial charge in [-0.1, -0.05) is 18.2 Å². The quantitative estimate of drug-likeness (QED) is 0.864. The number of rotatable bonds is 3. The first-order valence-corrected chi connectivity index (χ1v) is 8.53. The smallest absolute Gasteiger partial charge is 0.243 e. The van der Waals surface area contributed by atoms with E-state index in [4.69, 9.17) is 4.74 Å². The van der Waals surface area contributed by atoms with Crippen LogP contribution in [0.4, 0.5) is 8.78 Å². The molecule has 0 spiro atoms. The lowest BCUT2D eigenvalue weighted by Crippen LogP contribution is -2.42. The van der Waals surface area contributed by atoms with Gasteiger partial charge in [0.1, 0.15) is 11.6 Å². The van der Waals surface area contributed by atoms with Crippen LogP contribution in [0.2, 0.25) is 0 Å². The minimum Gasteiger partial charge on any atom is -0.371 e. The maximum absolute atomic E-state index is 13.3. The Balaban J connectivity index is 1.84. The molecule has 1 fully saturated rings. The Bertz CT molecular complexity index is 793. The van der Waals surface area contributed by atoms with Crippen LogP contribution in [0.15, 0.2) is 53.4 Å². The van der Waals surface area contributed by atoms with Gasteiger partial charge in [0.25, 0.3) is 0 Å². The van der Waals surface area contributed by atoms with Gasteiger partial charge >= 0.3 is 0 Å². The first-order valence-electron chi connectivity index (χ1n) is 7.09. The third-order valence-corrected chi connectivity index (χ3v) is 5.57. The lowest BCUT2D eigenvalue weighted by molar-refractivity contribution is -0.00259. The topological polar surface area (TPSA) is 46.6 Å². The molecule has 1 saturated heterocycles. The molecular formula is C16H15F2NO3S. The van der Waals surface area contributed by atoms with Crippen molar-refractivity contribution in [1.29, 1.82) is 0 Å². The molecule has 0 bridgehead atoms. The average Bonchev–Trinajstić information content (AvgIpc) is 2.56. The Kier molecular flexibility index (Phi) is 4.43. The van der Waals surface area contributed by atoms with Gasteiger partial charge in [-0.05, 0) is 35.9 Å². The molecule has 1 atom stereocenters. The van der Waals surface area contributed by atoms with E-state index in [9.17, 15) is 17.2 Å². The highest BCUT2D eigenvalue weighted by Gasteiger charge is 2.31. The highest BCUT2D eigenvalue weighted by molar-refractivity contribution is 7.89. The zero-order valence-electron chi connectivity index (χ0n) is 12.2. The number of morpholine rings is 1. The van der Waals surface area contributed by atoms with Gasteiger partial charge in [0.2, 0.25) is 10.0 Å². The van der Waals surface area contributed by atoms with Crippen molar-refractivity contribution in [3.8, 4) is 0 Å². The van der Waals surface area contributed by atoms with Gasteiger partial charge in [-0.15, -0.1) is 0 Å². The second kappa shape index (κ2) is 6.35. The molecule has 0 aliphatic carbocycles. The second-order valence-electron chi connectivity index (χ2n) is 5.23. The molecule has 0 aromatic heterocycles. The Morgan fingerprint density at radius 1 is 1.04 bits per heavy atom. The molecule has 23 heavy (non-hydrogen) atoms. The molecule has 0 radical (unpaired) electrons. The molecule has 1 aliphatic heterocycles. The SMILES string of the molecule is O=S(=O)(c1cccc(F)c1)N1CCO[C@H](c2ccc(F)cc2)C1. The van der Waals surface area contributed by atoms with Gasteiger partial charge in [0.05, 0.1) is 17.6 Å². The summed E-state index contributed by atoms with van der Waals surface area (Å²) in [5.41, 5.74) is 0.700. The Morgan fingerprint density at radius 3 is 2.48 bits per heavy atom. The van der Waals surface area contributed by atoms with E-state index < -0.39 is 21.9 Å². The molecule has 2 aromatic rings. The van der Waals surface area contributed by atoms with Crippen LogP contribution in [0.3, 0.4) is 0 Å². The van der Waals surface area contributed by atoms with Gasteiger partial charge in [-0.2, -0.15) is 4.31 Å². The summed E-state index contributed by atoms with van der Waals surface area (Å²) in [4.78, 5) is -0.0859. The summed E-state index contributed by atoms with van der Waals surface area (Å²) < 4.78 is 58.4. The van der Waals surface area contributed by atoms with E-state index in [1.54, 1.807) is 12.1 Å². The first-order chi connectivity index (χ1) is 11.0. The second-order valence-corrected chi connectivity index (χ2v) is 7.17. The number of hydrogen-bond donors (Lipinski definition) is 0. The summed E-state index contributed by atoms with van der Waals surface area (Å²) in [7, 11) is -3.79. The molecule has 7 heteroatoms. The van der Waals surface area contributed by atoms with E-state index in [2.05, 4.69) is 0 Å². The Labute approximate surface area is 133 Å². The summed E-state index contributed by atoms with van der Waals surface area (Å²) in [5.74, 6) is -0.969. The van der Waals surface area contributed by atoms with Crippen LogP contribution in [-0.4, -0.2) is 32.4 Å². The van der Waals surface area contributed by atoms with Crippen molar-refractivity contribution >= 4 is 10.0 Å². The van der Waals surface area contributed by atoms with Gasteiger partial charge in [-0.3, -0.25) is 0 Å².